The molecule has 0 amide bonds. The number of hydrogen-bond donors (Lipinski definition) is 1. The van der Waals surface area contributed by atoms with Gasteiger partial charge in [0.15, 0.2) is 0 Å². The third-order valence-corrected chi connectivity index (χ3v) is 3.66. The lowest BCUT2D eigenvalue weighted by Gasteiger charge is -2.31. The molecule has 0 spiro atoms. The Bertz CT molecular complexity index is 418. The highest BCUT2D eigenvalue weighted by molar-refractivity contribution is 5.31. The molecule has 2 heteroatoms. The summed E-state index contributed by atoms with van der Waals surface area (Å²) in [6.07, 6.45) is 2.80. The van der Waals surface area contributed by atoms with Crippen LogP contribution in [0.5, 0.6) is 0 Å². The van der Waals surface area contributed by atoms with E-state index in [1.807, 2.05) is 0 Å². The molecule has 19 heavy (non-hydrogen) atoms. The van der Waals surface area contributed by atoms with E-state index >= 15 is 0 Å². The molecule has 1 saturated carbocycles. The van der Waals surface area contributed by atoms with E-state index < -0.39 is 0 Å². The van der Waals surface area contributed by atoms with Crippen LogP contribution in [0.1, 0.15) is 63.7 Å². The zero-order chi connectivity index (χ0) is 14.0. The average Bonchev–Trinajstić information content (AvgIpc) is 3.11. The van der Waals surface area contributed by atoms with Gasteiger partial charge < -0.3 is 10.1 Å². The zero-order valence-electron chi connectivity index (χ0n) is 12.9. The van der Waals surface area contributed by atoms with Crippen molar-refractivity contribution >= 4 is 0 Å². The van der Waals surface area contributed by atoms with Gasteiger partial charge >= 0.3 is 0 Å². The van der Waals surface area contributed by atoms with Crippen molar-refractivity contribution in [3.63, 3.8) is 0 Å². The van der Waals surface area contributed by atoms with Crippen LogP contribution in [0.4, 0.5) is 0 Å². The van der Waals surface area contributed by atoms with E-state index in [1.54, 1.807) is 7.11 Å². The van der Waals surface area contributed by atoms with Crippen LogP contribution >= 0.6 is 0 Å². The molecule has 1 fully saturated rings. The van der Waals surface area contributed by atoms with Crippen molar-refractivity contribution in [2.75, 3.05) is 7.11 Å². The summed E-state index contributed by atoms with van der Waals surface area (Å²) in [4.78, 5) is 0. The Morgan fingerprint density at radius 3 is 2.47 bits per heavy atom. The molecule has 1 aromatic rings. The molecule has 1 aliphatic carbocycles. The van der Waals surface area contributed by atoms with Crippen molar-refractivity contribution in [1.29, 1.82) is 0 Å². The van der Waals surface area contributed by atoms with Crippen LogP contribution < -0.4 is 5.32 Å². The van der Waals surface area contributed by atoms with Gasteiger partial charge in [-0.15, -0.1) is 0 Å². The SMILES string of the molecule is CO[C@@H](c1cccc(C2CC2)c1)[C@@H](C)NC(C)(C)C. The molecule has 2 atom stereocenters. The molecule has 0 aromatic heterocycles. The van der Waals surface area contributed by atoms with E-state index in [4.69, 9.17) is 4.74 Å². The first-order valence-electron chi connectivity index (χ1n) is 7.31. The summed E-state index contributed by atoms with van der Waals surface area (Å²) in [5, 5.41) is 3.61. The van der Waals surface area contributed by atoms with Crippen LogP contribution in [0.15, 0.2) is 24.3 Å². The predicted molar refractivity (Wildman–Crippen MR) is 80.5 cm³/mol. The van der Waals surface area contributed by atoms with Crippen LogP contribution in [-0.4, -0.2) is 18.7 Å². The van der Waals surface area contributed by atoms with Gasteiger partial charge in [0.2, 0.25) is 0 Å². The Balaban J connectivity index is 2.14. The molecule has 0 unspecified atom stereocenters. The first kappa shape index (κ1) is 14.5. The first-order valence-corrected chi connectivity index (χ1v) is 7.31. The molecule has 0 saturated heterocycles. The summed E-state index contributed by atoms with van der Waals surface area (Å²) in [5.41, 5.74) is 2.86. The van der Waals surface area contributed by atoms with Crippen LogP contribution in [0.3, 0.4) is 0 Å². The summed E-state index contributed by atoms with van der Waals surface area (Å²) in [6.45, 7) is 8.77. The summed E-state index contributed by atoms with van der Waals surface area (Å²) in [6, 6.07) is 9.21. The molecular weight excluding hydrogens is 234 g/mol. The fourth-order valence-corrected chi connectivity index (χ4v) is 2.79. The van der Waals surface area contributed by atoms with Crippen molar-refractivity contribution in [3.8, 4) is 0 Å². The summed E-state index contributed by atoms with van der Waals surface area (Å²) < 4.78 is 5.74. The lowest BCUT2D eigenvalue weighted by atomic mass is 9.97. The monoisotopic (exact) mass is 261 g/mol. The van der Waals surface area contributed by atoms with Gasteiger partial charge in [-0.25, -0.2) is 0 Å². The van der Waals surface area contributed by atoms with Gasteiger partial charge in [-0.3, -0.25) is 0 Å². The number of ether oxygens (including phenoxy) is 1. The number of rotatable bonds is 5. The fraction of sp³-hybridized carbons (Fsp3) is 0.647. The fourth-order valence-electron chi connectivity index (χ4n) is 2.79. The van der Waals surface area contributed by atoms with Crippen molar-refractivity contribution in [2.45, 2.75) is 64.1 Å². The van der Waals surface area contributed by atoms with Gasteiger partial charge in [0, 0.05) is 18.7 Å². The third kappa shape index (κ3) is 4.05. The van der Waals surface area contributed by atoms with Crippen molar-refractivity contribution in [3.05, 3.63) is 35.4 Å². The molecule has 106 valence electrons. The minimum atomic E-state index is 0.101. The maximum Gasteiger partial charge on any atom is 0.0971 e. The number of benzene rings is 1. The van der Waals surface area contributed by atoms with Crippen molar-refractivity contribution in [2.24, 2.45) is 0 Å². The Morgan fingerprint density at radius 1 is 1.26 bits per heavy atom. The Morgan fingerprint density at radius 2 is 1.95 bits per heavy atom. The predicted octanol–water partition coefficient (Wildman–Crippen LogP) is 4.03. The standard InChI is InChI=1S/C17H27NO/c1-12(18-17(2,3)4)16(19-5)15-8-6-7-14(11-15)13-9-10-13/h6-8,11-13,16,18H,9-10H2,1-5H3/t12-,16-/m1/s1. The van der Waals surface area contributed by atoms with Crippen molar-refractivity contribution in [1.82, 2.24) is 5.32 Å². The topological polar surface area (TPSA) is 21.3 Å². The molecule has 2 rings (SSSR count). The first-order chi connectivity index (χ1) is 8.90. The minimum absolute atomic E-state index is 0.101. The molecule has 1 aromatic carbocycles. The molecule has 1 aliphatic rings. The van der Waals surface area contributed by atoms with E-state index in [-0.39, 0.29) is 11.6 Å². The quantitative estimate of drug-likeness (QED) is 0.864. The van der Waals surface area contributed by atoms with E-state index in [1.165, 1.54) is 24.0 Å². The van der Waals surface area contributed by atoms with Gasteiger partial charge in [-0.1, -0.05) is 24.3 Å². The number of methoxy groups -OCH3 is 1. The number of nitrogens with one attached hydrogen (secondary N) is 1. The molecule has 2 nitrogen and oxygen atoms in total. The lowest BCUT2D eigenvalue weighted by Crippen LogP contribution is -2.45. The highest BCUT2D eigenvalue weighted by Gasteiger charge is 2.26. The van der Waals surface area contributed by atoms with Crippen LogP contribution in [0.2, 0.25) is 0 Å². The average molecular weight is 261 g/mol. The van der Waals surface area contributed by atoms with Gasteiger partial charge in [0.25, 0.3) is 0 Å². The Kier molecular flexibility index (Phi) is 4.32. The Labute approximate surface area is 117 Å². The molecule has 1 N–H and O–H groups in total. The Hall–Kier alpha value is -0.860. The van der Waals surface area contributed by atoms with Crippen LogP contribution in [0.25, 0.3) is 0 Å². The second kappa shape index (κ2) is 5.64. The molecule has 0 radical (unpaired) electrons. The smallest absolute Gasteiger partial charge is 0.0971 e. The molecule has 0 heterocycles. The minimum Gasteiger partial charge on any atom is -0.375 e. The normalized spacial score (nSPS) is 19.2. The maximum atomic E-state index is 5.74. The van der Waals surface area contributed by atoms with E-state index in [9.17, 15) is 0 Å². The number of hydrogen-bond acceptors (Lipinski definition) is 2. The third-order valence-electron chi connectivity index (χ3n) is 3.66. The van der Waals surface area contributed by atoms with Gasteiger partial charge in [-0.05, 0) is 57.6 Å². The highest BCUT2D eigenvalue weighted by atomic mass is 16.5. The summed E-state index contributed by atoms with van der Waals surface area (Å²) in [5.74, 6) is 0.795. The van der Waals surface area contributed by atoms with E-state index in [0.717, 1.165) is 5.92 Å². The summed E-state index contributed by atoms with van der Waals surface area (Å²) >= 11 is 0. The molecule has 0 aliphatic heterocycles. The maximum absolute atomic E-state index is 5.74. The van der Waals surface area contributed by atoms with Gasteiger partial charge in [0.1, 0.15) is 0 Å². The second-order valence-corrected chi connectivity index (χ2v) is 6.78. The molecular formula is C17H27NO. The van der Waals surface area contributed by atoms with Crippen molar-refractivity contribution < 1.29 is 4.74 Å². The van der Waals surface area contributed by atoms with E-state index in [2.05, 4.69) is 57.3 Å². The van der Waals surface area contributed by atoms with Gasteiger partial charge in [-0.2, -0.15) is 0 Å². The highest BCUT2D eigenvalue weighted by Crippen LogP contribution is 2.40. The summed E-state index contributed by atoms with van der Waals surface area (Å²) in [7, 11) is 1.80. The zero-order valence-corrected chi connectivity index (χ0v) is 12.9. The van der Waals surface area contributed by atoms with Crippen LogP contribution in [0, 0.1) is 0 Å². The molecule has 0 bridgehead atoms. The van der Waals surface area contributed by atoms with E-state index in [0.29, 0.717) is 6.04 Å². The lowest BCUT2D eigenvalue weighted by molar-refractivity contribution is 0.0647. The van der Waals surface area contributed by atoms with Gasteiger partial charge in [0.05, 0.1) is 6.10 Å². The second-order valence-electron chi connectivity index (χ2n) is 6.78. The van der Waals surface area contributed by atoms with Crippen LogP contribution in [-0.2, 0) is 4.74 Å². The largest absolute Gasteiger partial charge is 0.375 e.